The lowest BCUT2D eigenvalue weighted by molar-refractivity contribution is -0.141. The maximum Gasteiger partial charge on any atom is 0.245 e. The van der Waals surface area contributed by atoms with Crippen LogP contribution in [0.3, 0.4) is 0 Å². The molecule has 2 N–H and O–H groups in total. The maximum absolute atomic E-state index is 13.5. The van der Waals surface area contributed by atoms with Gasteiger partial charge in [-0.25, -0.2) is 4.68 Å². The number of aromatic nitrogens is 2. The normalized spacial score (nSPS) is 19.7. The Hall–Kier alpha value is -4.18. The first-order chi connectivity index (χ1) is 20.7. The van der Waals surface area contributed by atoms with Gasteiger partial charge in [0.15, 0.2) is 0 Å². The van der Waals surface area contributed by atoms with Crippen LogP contribution in [0, 0.1) is 13.8 Å². The van der Waals surface area contributed by atoms with Crippen molar-refractivity contribution in [1.82, 2.24) is 30.2 Å². The van der Waals surface area contributed by atoms with Gasteiger partial charge in [0.25, 0.3) is 0 Å². The van der Waals surface area contributed by atoms with Gasteiger partial charge in [0.2, 0.25) is 17.7 Å². The highest BCUT2D eigenvalue weighted by atomic mass is 16.5. The predicted molar refractivity (Wildman–Crippen MR) is 166 cm³/mol. The summed E-state index contributed by atoms with van der Waals surface area (Å²) in [5.74, 6) is 0.00751. The van der Waals surface area contributed by atoms with Gasteiger partial charge in [0, 0.05) is 51.9 Å². The third-order valence-corrected chi connectivity index (χ3v) is 8.10. The van der Waals surface area contributed by atoms with Crippen LogP contribution in [0.15, 0.2) is 54.9 Å². The second-order valence-corrected chi connectivity index (χ2v) is 11.4. The van der Waals surface area contributed by atoms with E-state index < -0.39 is 12.1 Å². The predicted octanol–water partition coefficient (Wildman–Crippen LogP) is 3.17. The summed E-state index contributed by atoms with van der Waals surface area (Å²) in [5, 5.41) is 10.4. The van der Waals surface area contributed by atoms with E-state index in [1.165, 1.54) is 21.6 Å². The number of nitrogens with zero attached hydrogens (tertiary/aromatic N) is 4. The summed E-state index contributed by atoms with van der Waals surface area (Å²) >= 11 is 0. The summed E-state index contributed by atoms with van der Waals surface area (Å²) in [6.45, 7) is 8.54. The first-order valence-corrected chi connectivity index (χ1v) is 15.0. The molecule has 1 aliphatic rings. The monoisotopic (exact) mass is 588 g/mol. The number of amides is 3. The lowest BCUT2D eigenvalue weighted by Gasteiger charge is -2.29. The summed E-state index contributed by atoms with van der Waals surface area (Å²) < 4.78 is 7.15. The fraction of sp³-hybridized carbons (Fsp3) is 0.455. The van der Waals surface area contributed by atoms with Crippen LogP contribution in [-0.4, -0.2) is 83.2 Å². The Labute approximate surface area is 254 Å². The van der Waals surface area contributed by atoms with Gasteiger partial charge in [-0.05, 0) is 86.7 Å². The van der Waals surface area contributed by atoms with Crippen LogP contribution in [0.5, 0.6) is 5.75 Å². The van der Waals surface area contributed by atoms with Gasteiger partial charge in [0.1, 0.15) is 17.8 Å². The van der Waals surface area contributed by atoms with E-state index in [0.717, 1.165) is 24.2 Å². The summed E-state index contributed by atoms with van der Waals surface area (Å²) in [4.78, 5) is 43.5. The van der Waals surface area contributed by atoms with E-state index in [1.54, 1.807) is 27.3 Å². The van der Waals surface area contributed by atoms with Crippen molar-refractivity contribution in [3.63, 3.8) is 0 Å². The second-order valence-electron chi connectivity index (χ2n) is 11.4. The van der Waals surface area contributed by atoms with Gasteiger partial charge >= 0.3 is 0 Å². The summed E-state index contributed by atoms with van der Waals surface area (Å²) in [6, 6.07) is 12.2. The quantitative estimate of drug-likeness (QED) is 0.458. The molecule has 4 rings (SSSR count). The highest BCUT2D eigenvalue weighted by Crippen LogP contribution is 2.23. The maximum atomic E-state index is 13.5. The summed E-state index contributed by atoms with van der Waals surface area (Å²) in [7, 11) is 3.21. The molecule has 0 unspecified atom stereocenters. The highest BCUT2D eigenvalue weighted by molar-refractivity contribution is 5.92. The smallest absolute Gasteiger partial charge is 0.245 e. The number of hydrogen-bond acceptors (Lipinski definition) is 6. The third kappa shape index (κ3) is 8.44. The molecule has 2 heterocycles. The molecule has 10 heteroatoms. The number of hydrogen-bond donors (Lipinski definition) is 2. The van der Waals surface area contributed by atoms with Crippen molar-refractivity contribution >= 4 is 17.7 Å². The molecule has 1 saturated heterocycles. The number of methoxy groups -OCH3 is 1. The van der Waals surface area contributed by atoms with E-state index in [-0.39, 0.29) is 24.1 Å². The molecular formula is C33H44N6O4. The van der Waals surface area contributed by atoms with Crippen molar-refractivity contribution in [1.29, 1.82) is 0 Å². The van der Waals surface area contributed by atoms with Crippen LogP contribution in [0.1, 0.15) is 48.4 Å². The Morgan fingerprint density at radius 2 is 1.79 bits per heavy atom. The molecule has 43 heavy (non-hydrogen) atoms. The van der Waals surface area contributed by atoms with Crippen LogP contribution in [0.4, 0.5) is 0 Å². The zero-order valence-corrected chi connectivity index (χ0v) is 25.9. The summed E-state index contributed by atoms with van der Waals surface area (Å²) in [5.41, 5.74) is 5.46. The Bertz CT molecular complexity index is 1390. The standard InChI is InChI=1S/C33H44N6O4/c1-23-19-24(2)28(30(20-23)39-18-8-15-35-39)22-38-16-6-9-31(40)36-29(21-26-10-12-27(43-5)13-11-26)33(42)37(4)25(3)32(41)34-14-7-17-38/h8,10-13,15,18-20,25,29H,6-7,9,14,16-17,21-22H2,1-5H3,(H,34,41)(H,36,40)/t25-,29-/m0/s1. The van der Waals surface area contributed by atoms with Crippen molar-refractivity contribution < 1.29 is 19.1 Å². The number of benzene rings is 2. The molecule has 0 spiro atoms. The lowest BCUT2D eigenvalue weighted by atomic mass is 10.0. The molecule has 2 aromatic carbocycles. The van der Waals surface area contributed by atoms with Gasteiger partial charge in [-0.1, -0.05) is 18.2 Å². The SMILES string of the molecule is COc1ccc(C[C@@H]2NC(=O)CCCN(Cc3c(C)cc(C)cc3-n3cccn3)CCCNC(=O)[C@H](C)N(C)C2=O)cc1. The molecule has 3 aromatic rings. The van der Waals surface area contributed by atoms with E-state index in [0.29, 0.717) is 38.2 Å². The number of aryl methyl sites for hydroxylation is 2. The van der Waals surface area contributed by atoms with E-state index >= 15 is 0 Å². The topological polar surface area (TPSA) is 109 Å². The Morgan fingerprint density at radius 1 is 1.05 bits per heavy atom. The largest absolute Gasteiger partial charge is 0.497 e. The molecule has 1 aliphatic heterocycles. The van der Waals surface area contributed by atoms with Gasteiger partial charge in [-0.2, -0.15) is 5.10 Å². The van der Waals surface area contributed by atoms with Gasteiger partial charge in [-0.15, -0.1) is 0 Å². The molecule has 0 radical (unpaired) electrons. The molecular weight excluding hydrogens is 544 g/mol. The molecule has 2 atom stereocenters. The Kier molecular flexibility index (Phi) is 10.9. The lowest BCUT2D eigenvalue weighted by Crippen LogP contribution is -2.54. The zero-order valence-electron chi connectivity index (χ0n) is 25.9. The molecule has 230 valence electrons. The number of likely N-dealkylation sites (N-methyl/N-ethyl adjacent to an activating group) is 1. The average Bonchev–Trinajstić information content (AvgIpc) is 3.53. The third-order valence-electron chi connectivity index (χ3n) is 8.10. The van der Waals surface area contributed by atoms with Crippen molar-refractivity contribution in [3.8, 4) is 11.4 Å². The van der Waals surface area contributed by atoms with Crippen molar-refractivity contribution in [2.75, 3.05) is 33.8 Å². The zero-order chi connectivity index (χ0) is 30.9. The molecule has 0 bridgehead atoms. The van der Waals surface area contributed by atoms with E-state index in [2.05, 4.69) is 46.6 Å². The fourth-order valence-corrected chi connectivity index (χ4v) is 5.49. The average molecular weight is 589 g/mol. The van der Waals surface area contributed by atoms with E-state index in [1.807, 2.05) is 41.2 Å². The summed E-state index contributed by atoms with van der Waals surface area (Å²) in [6.07, 6.45) is 5.70. The van der Waals surface area contributed by atoms with Crippen molar-refractivity contribution in [3.05, 3.63) is 77.1 Å². The minimum atomic E-state index is -0.797. The van der Waals surface area contributed by atoms with Crippen LogP contribution < -0.4 is 15.4 Å². The number of carbonyl (C=O) groups excluding carboxylic acids is 3. The Morgan fingerprint density at radius 3 is 2.49 bits per heavy atom. The van der Waals surface area contributed by atoms with E-state index in [4.69, 9.17) is 4.74 Å². The molecule has 10 nitrogen and oxygen atoms in total. The molecule has 0 aliphatic carbocycles. The molecule has 1 fully saturated rings. The van der Waals surface area contributed by atoms with Crippen LogP contribution in [-0.2, 0) is 27.3 Å². The van der Waals surface area contributed by atoms with Gasteiger partial charge < -0.3 is 20.3 Å². The van der Waals surface area contributed by atoms with Gasteiger partial charge in [0.05, 0.1) is 12.8 Å². The molecule has 1 aromatic heterocycles. The van der Waals surface area contributed by atoms with E-state index in [9.17, 15) is 14.4 Å². The van der Waals surface area contributed by atoms with Crippen LogP contribution in [0.25, 0.3) is 5.69 Å². The highest BCUT2D eigenvalue weighted by Gasteiger charge is 2.30. The first-order valence-electron chi connectivity index (χ1n) is 15.0. The second kappa shape index (κ2) is 14.8. The molecule has 0 saturated carbocycles. The van der Waals surface area contributed by atoms with Gasteiger partial charge in [-0.3, -0.25) is 19.3 Å². The van der Waals surface area contributed by atoms with Crippen LogP contribution >= 0.6 is 0 Å². The minimum absolute atomic E-state index is 0.184. The number of carbonyl (C=O) groups is 3. The van der Waals surface area contributed by atoms with Crippen molar-refractivity contribution in [2.45, 2.75) is 65.1 Å². The van der Waals surface area contributed by atoms with Crippen LogP contribution in [0.2, 0.25) is 0 Å². The Balaban J connectivity index is 1.53. The fourth-order valence-electron chi connectivity index (χ4n) is 5.49. The van der Waals surface area contributed by atoms with Crippen molar-refractivity contribution in [2.24, 2.45) is 0 Å². The number of nitrogens with one attached hydrogen (secondary N) is 2. The number of rotatable bonds is 6. The first kappa shape index (κ1) is 31.7. The number of ether oxygens (including phenoxy) is 1. The molecule has 3 amide bonds. The minimum Gasteiger partial charge on any atom is -0.497 e.